The molecule has 1 aliphatic rings. The number of halogens is 1. The largest absolute Gasteiger partial charge is 0.456 e. The zero-order chi connectivity index (χ0) is 13.6. The Bertz CT molecular complexity index is 611. The van der Waals surface area contributed by atoms with E-state index in [4.69, 9.17) is 4.42 Å². The summed E-state index contributed by atoms with van der Waals surface area (Å²) in [6, 6.07) is 4.24. The highest BCUT2D eigenvalue weighted by Gasteiger charge is 2.31. The van der Waals surface area contributed by atoms with Gasteiger partial charge in [0.1, 0.15) is 5.76 Å². The van der Waals surface area contributed by atoms with Crippen molar-refractivity contribution in [2.45, 2.75) is 52.1 Å². The van der Waals surface area contributed by atoms with E-state index in [0.717, 1.165) is 11.1 Å². The van der Waals surface area contributed by atoms with Gasteiger partial charge in [0, 0.05) is 17.0 Å². The number of nitrogens with one attached hydrogen (secondary N) is 1. The first-order valence-corrected chi connectivity index (χ1v) is 7.01. The summed E-state index contributed by atoms with van der Waals surface area (Å²) in [5.41, 5.74) is 2.30. The van der Waals surface area contributed by atoms with Crippen molar-refractivity contribution >= 4 is 11.0 Å². The van der Waals surface area contributed by atoms with Crippen molar-refractivity contribution in [1.29, 1.82) is 0 Å². The van der Waals surface area contributed by atoms with E-state index >= 15 is 0 Å². The second-order valence-electron chi connectivity index (χ2n) is 5.82. The molecule has 19 heavy (non-hydrogen) atoms. The van der Waals surface area contributed by atoms with Gasteiger partial charge in [0.2, 0.25) is 0 Å². The summed E-state index contributed by atoms with van der Waals surface area (Å²) in [7, 11) is 0. The van der Waals surface area contributed by atoms with Gasteiger partial charge in [0.05, 0.1) is 6.54 Å². The molecule has 0 unspecified atom stereocenters. The lowest BCUT2D eigenvalue weighted by Crippen LogP contribution is -2.22. The van der Waals surface area contributed by atoms with Gasteiger partial charge in [-0.15, -0.1) is 0 Å². The molecule has 2 aromatic rings. The van der Waals surface area contributed by atoms with Crippen molar-refractivity contribution in [3.8, 4) is 0 Å². The highest BCUT2D eigenvalue weighted by Crippen LogP contribution is 2.46. The highest BCUT2D eigenvalue weighted by atomic mass is 19.1. The van der Waals surface area contributed by atoms with E-state index in [1.807, 2.05) is 12.1 Å². The lowest BCUT2D eigenvalue weighted by atomic mass is 10.0. The highest BCUT2D eigenvalue weighted by molar-refractivity contribution is 5.84. The maximum atomic E-state index is 14.2. The second kappa shape index (κ2) is 4.64. The predicted molar refractivity (Wildman–Crippen MR) is 74.9 cm³/mol. The topological polar surface area (TPSA) is 25.2 Å². The Hall–Kier alpha value is -1.35. The average Bonchev–Trinajstić information content (AvgIpc) is 3.13. The van der Waals surface area contributed by atoms with Gasteiger partial charge in [-0.05, 0) is 31.2 Å². The zero-order valence-corrected chi connectivity index (χ0v) is 11.7. The van der Waals surface area contributed by atoms with Crippen LogP contribution in [0, 0.1) is 12.7 Å². The lowest BCUT2D eigenvalue weighted by Gasteiger charge is -2.07. The summed E-state index contributed by atoms with van der Waals surface area (Å²) < 4.78 is 20.0. The first-order valence-electron chi connectivity index (χ1n) is 7.01. The van der Waals surface area contributed by atoms with Gasteiger partial charge in [-0.1, -0.05) is 26.0 Å². The van der Waals surface area contributed by atoms with Gasteiger partial charge in [0.25, 0.3) is 0 Å². The Balaban J connectivity index is 2.09. The third-order valence-corrected chi connectivity index (χ3v) is 3.76. The third kappa shape index (κ3) is 2.27. The minimum Gasteiger partial charge on any atom is -0.456 e. The molecule has 0 bridgehead atoms. The smallest absolute Gasteiger partial charge is 0.170 e. The zero-order valence-electron chi connectivity index (χ0n) is 11.7. The summed E-state index contributed by atoms with van der Waals surface area (Å²) in [5.74, 6) is 1.26. The maximum absolute atomic E-state index is 14.2. The Kier molecular flexibility index (Phi) is 3.09. The molecule has 1 saturated carbocycles. The Morgan fingerprint density at radius 1 is 1.37 bits per heavy atom. The Morgan fingerprint density at radius 3 is 2.74 bits per heavy atom. The normalized spacial score (nSPS) is 15.6. The summed E-state index contributed by atoms with van der Waals surface area (Å²) in [5, 5.41) is 4.33. The second-order valence-corrected chi connectivity index (χ2v) is 5.82. The minimum atomic E-state index is -0.213. The van der Waals surface area contributed by atoms with Gasteiger partial charge in [-0.25, -0.2) is 4.39 Å². The molecule has 3 rings (SSSR count). The van der Waals surface area contributed by atoms with Crippen LogP contribution in [0.4, 0.5) is 4.39 Å². The van der Waals surface area contributed by atoms with E-state index in [1.165, 1.54) is 18.4 Å². The molecular formula is C16H20FNO. The molecule has 0 radical (unpaired) electrons. The number of rotatable bonds is 4. The van der Waals surface area contributed by atoms with Crippen LogP contribution in [0.15, 0.2) is 16.5 Å². The Morgan fingerprint density at radius 2 is 2.11 bits per heavy atom. The molecule has 1 fully saturated rings. The summed E-state index contributed by atoms with van der Waals surface area (Å²) in [4.78, 5) is 0. The molecule has 0 aliphatic heterocycles. The number of hydrogen-bond acceptors (Lipinski definition) is 2. The van der Waals surface area contributed by atoms with Crippen LogP contribution in [-0.4, -0.2) is 6.04 Å². The van der Waals surface area contributed by atoms with Crippen molar-refractivity contribution in [2.24, 2.45) is 0 Å². The molecule has 1 aromatic heterocycles. The average molecular weight is 261 g/mol. The van der Waals surface area contributed by atoms with Gasteiger partial charge in [-0.2, -0.15) is 0 Å². The Labute approximate surface area is 113 Å². The molecule has 0 spiro atoms. The van der Waals surface area contributed by atoms with Crippen LogP contribution in [0.5, 0.6) is 0 Å². The van der Waals surface area contributed by atoms with Crippen molar-refractivity contribution in [1.82, 2.24) is 5.32 Å². The maximum Gasteiger partial charge on any atom is 0.170 e. The van der Waals surface area contributed by atoms with Crippen molar-refractivity contribution in [2.75, 3.05) is 0 Å². The van der Waals surface area contributed by atoms with Crippen molar-refractivity contribution in [3.05, 3.63) is 34.8 Å². The van der Waals surface area contributed by atoms with Gasteiger partial charge >= 0.3 is 0 Å². The molecule has 0 saturated heterocycles. The first-order chi connectivity index (χ1) is 9.08. The van der Waals surface area contributed by atoms with E-state index in [2.05, 4.69) is 19.2 Å². The fourth-order valence-corrected chi connectivity index (χ4v) is 2.54. The standard InChI is InChI=1S/C16H20FNO/c1-9(2)18-8-13-14(11-5-6-11)12-7-4-10(3)15(17)16(12)19-13/h4,7,9,11,18H,5-6,8H2,1-3H3. The van der Waals surface area contributed by atoms with Gasteiger partial charge < -0.3 is 9.73 Å². The number of fused-ring (bicyclic) bond motifs is 1. The summed E-state index contributed by atoms with van der Waals surface area (Å²) in [6.07, 6.45) is 2.39. The van der Waals surface area contributed by atoms with Crippen LogP contribution >= 0.6 is 0 Å². The van der Waals surface area contributed by atoms with E-state index in [1.54, 1.807) is 6.92 Å². The lowest BCUT2D eigenvalue weighted by molar-refractivity contribution is 0.471. The molecule has 0 atom stereocenters. The number of aryl methyl sites for hydroxylation is 1. The van der Waals surface area contributed by atoms with Crippen molar-refractivity contribution in [3.63, 3.8) is 0 Å². The molecule has 3 heteroatoms. The van der Waals surface area contributed by atoms with Crippen LogP contribution in [0.25, 0.3) is 11.0 Å². The molecular weight excluding hydrogens is 241 g/mol. The number of furan rings is 1. The first kappa shape index (κ1) is 12.7. The molecule has 1 N–H and O–H groups in total. The molecule has 102 valence electrons. The molecule has 1 heterocycles. The van der Waals surface area contributed by atoms with Crippen molar-refractivity contribution < 1.29 is 8.81 Å². The van der Waals surface area contributed by atoms with Crippen LogP contribution in [0.3, 0.4) is 0 Å². The van der Waals surface area contributed by atoms with E-state index < -0.39 is 0 Å². The van der Waals surface area contributed by atoms with Gasteiger partial charge in [-0.3, -0.25) is 0 Å². The molecule has 0 amide bonds. The van der Waals surface area contributed by atoms with Crippen LogP contribution in [0.2, 0.25) is 0 Å². The molecule has 1 aliphatic carbocycles. The number of benzene rings is 1. The SMILES string of the molecule is Cc1ccc2c(C3CC3)c(CNC(C)C)oc2c1F. The van der Waals surface area contributed by atoms with E-state index in [9.17, 15) is 4.39 Å². The van der Waals surface area contributed by atoms with Crippen LogP contribution in [0.1, 0.15) is 49.5 Å². The summed E-state index contributed by atoms with van der Waals surface area (Å²) in [6.45, 7) is 6.66. The fraction of sp³-hybridized carbons (Fsp3) is 0.500. The fourth-order valence-electron chi connectivity index (χ4n) is 2.54. The quantitative estimate of drug-likeness (QED) is 0.889. The van der Waals surface area contributed by atoms with Crippen LogP contribution < -0.4 is 5.32 Å². The predicted octanol–water partition coefficient (Wildman–Crippen LogP) is 4.26. The van der Waals surface area contributed by atoms with Gasteiger partial charge in [0.15, 0.2) is 11.4 Å². The van der Waals surface area contributed by atoms with E-state index in [0.29, 0.717) is 29.7 Å². The molecule has 2 nitrogen and oxygen atoms in total. The third-order valence-electron chi connectivity index (χ3n) is 3.76. The van der Waals surface area contributed by atoms with E-state index in [-0.39, 0.29) is 5.82 Å². The summed E-state index contributed by atoms with van der Waals surface area (Å²) >= 11 is 0. The number of hydrogen-bond donors (Lipinski definition) is 1. The van der Waals surface area contributed by atoms with Crippen LogP contribution in [-0.2, 0) is 6.54 Å². The minimum absolute atomic E-state index is 0.213. The molecule has 1 aromatic carbocycles. The monoisotopic (exact) mass is 261 g/mol.